The molecule has 7 nitrogen and oxygen atoms in total. The highest BCUT2D eigenvalue weighted by Crippen LogP contribution is 2.31. The summed E-state index contributed by atoms with van der Waals surface area (Å²) in [5, 5.41) is 16.6. The van der Waals surface area contributed by atoms with Crippen LogP contribution >= 0.6 is 0 Å². The van der Waals surface area contributed by atoms with Crippen LogP contribution in [0.5, 0.6) is 0 Å². The van der Waals surface area contributed by atoms with E-state index in [1.54, 1.807) is 0 Å². The molecule has 8 heteroatoms. The summed E-state index contributed by atoms with van der Waals surface area (Å²) in [6.07, 6.45) is -1.24. The number of hydrogen-bond acceptors (Lipinski definition) is 7. The standard InChI is InChI=1S/C8H15NO6S/c1-2-16(12)6-4-14-7-5(15-9(10)11)3-13-8(6)7/h5-8,10-11H,2-4H2,1H3/t5-,6+,7-,8-,16?/m1/s1. The third-order valence-electron chi connectivity index (χ3n) is 2.81. The number of ether oxygens (including phenoxy) is 2. The minimum atomic E-state index is -0.985. The molecule has 16 heavy (non-hydrogen) atoms. The molecule has 0 aromatic rings. The summed E-state index contributed by atoms with van der Waals surface area (Å²) in [5.74, 6) is 0.554. The van der Waals surface area contributed by atoms with E-state index in [2.05, 4.69) is 4.84 Å². The second-order valence-electron chi connectivity index (χ2n) is 3.70. The second-order valence-corrected chi connectivity index (χ2v) is 5.64. The molecule has 2 aliphatic heterocycles. The third-order valence-corrected chi connectivity index (χ3v) is 4.46. The van der Waals surface area contributed by atoms with E-state index < -0.39 is 16.9 Å². The molecule has 2 heterocycles. The zero-order valence-corrected chi connectivity index (χ0v) is 9.63. The van der Waals surface area contributed by atoms with Gasteiger partial charge in [0, 0.05) is 16.6 Å². The Bertz CT molecular complexity index is 275. The van der Waals surface area contributed by atoms with Crippen molar-refractivity contribution in [1.82, 2.24) is 5.39 Å². The Kier molecular flexibility index (Phi) is 3.90. The first kappa shape index (κ1) is 12.4. The van der Waals surface area contributed by atoms with Gasteiger partial charge in [0.05, 0.1) is 23.9 Å². The van der Waals surface area contributed by atoms with Crippen LogP contribution in [0, 0.1) is 0 Å². The van der Waals surface area contributed by atoms with Gasteiger partial charge in [-0.05, 0) is 0 Å². The Morgan fingerprint density at radius 1 is 1.38 bits per heavy atom. The third kappa shape index (κ3) is 2.28. The van der Waals surface area contributed by atoms with Crippen molar-refractivity contribution in [2.24, 2.45) is 0 Å². The van der Waals surface area contributed by atoms with Gasteiger partial charge in [0.25, 0.3) is 0 Å². The Balaban J connectivity index is 1.98. The molecule has 0 radical (unpaired) electrons. The number of nitrogens with zero attached hydrogens (tertiary/aromatic N) is 1. The normalized spacial score (nSPS) is 40.2. The topological polar surface area (TPSA) is 88.5 Å². The van der Waals surface area contributed by atoms with Crippen molar-refractivity contribution in [2.45, 2.75) is 30.5 Å². The minimum Gasteiger partial charge on any atom is -0.371 e. The molecule has 0 spiro atoms. The monoisotopic (exact) mass is 253 g/mol. The van der Waals surface area contributed by atoms with Crippen LogP contribution in [-0.2, 0) is 25.1 Å². The van der Waals surface area contributed by atoms with Gasteiger partial charge < -0.3 is 9.47 Å². The highest BCUT2D eigenvalue weighted by molar-refractivity contribution is 7.85. The molecule has 0 aliphatic carbocycles. The summed E-state index contributed by atoms with van der Waals surface area (Å²) in [4.78, 5) is 4.68. The van der Waals surface area contributed by atoms with Crippen LogP contribution in [0.3, 0.4) is 0 Å². The second kappa shape index (κ2) is 5.05. The van der Waals surface area contributed by atoms with Gasteiger partial charge in [-0.25, -0.2) is 4.84 Å². The van der Waals surface area contributed by atoms with E-state index in [1.165, 1.54) is 0 Å². The SMILES string of the molecule is CCS(=O)[C@H]1CO[C@H]2[C@@H]1OC[C@H]2ON(O)O. The Hall–Kier alpha value is -0.0900. The van der Waals surface area contributed by atoms with Crippen molar-refractivity contribution >= 4 is 10.8 Å². The summed E-state index contributed by atoms with van der Waals surface area (Å²) in [6, 6.07) is 0. The summed E-state index contributed by atoms with van der Waals surface area (Å²) in [6.45, 7) is 2.40. The zero-order valence-electron chi connectivity index (χ0n) is 8.81. The average Bonchev–Trinajstić information content (AvgIpc) is 2.79. The molecule has 0 amide bonds. The van der Waals surface area contributed by atoms with Gasteiger partial charge >= 0.3 is 0 Å². The fraction of sp³-hybridized carbons (Fsp3) is 1.00. The largest absolute Gasteiger partial charge is 0.371 e. The molecule has 2 aliphatic rings. The van der Waals surface area contributed by atoms with Gasteiger partial charge in [-0.15, -0.1) is 0 Å². The van der Waals surface area contributed by atoms with Crippen LogP contribution in [0.4, 0.5) is 0 Å². The molecule has 0 saturated carbocycles. The quantitative estimate of drug-likeness (QED) is 0.640. The maximum absolute atomic E-state index is 11.7. The van der Waals surface area contributed by atoms with Crippen LogP contribution in [-0.4, -0.2) is 62.5 Å². The van der Waals surface area contributed by atoms with E-state index >= 15 is 0 Å². The molecular weight excluding hydrogens is 238 g/mol. The molecular formula is C8H15NO6S. The van der Waals surface area contributed by atoms with E-state index in [4.69, 9.17) is 19.9 Å². The van der Waals surface area contributed by atoms with Gasteiger partial charge in [0.1, 0.15) is 18.3 Å². The summed E-state index contributed by atoms with van der Waals surface area (Å²) in [7, 11) is -0.985. The lowest BCUT2D eigenvalue weighted by Gasteiger charge is -2.17. The molecule has 2 saturated heterocycles. The van der Waals surface area contributed by atoms with Gasteiger partial charge in [-0.3, -0.25) is 14.6 Å². The van der Waals surface area contributed by atoms with E-state index in [1.807, 2.05) is 6.92 Å². The van der Waals surface area contributed by atoms with E-state index in [-0.39, 0.29) is 29.5 Å². The molecule has 2 N–H and O–H groups in total. The molecule has 5 atom stereocenters. The van der Waals surface area contributed by atoms with Crippen LogP contribution in [0.25, 0.3) is 0 Å². The van der Waals surface area contributed by atoms with E-state index in [9.17, 15) is 4.21 Å². The van der Waals surface area contributed by atoms with Gasteiger partial charge in [0.2, 0.25) is 0 Å². The molecule has 2 fully saturated rings. The Morgan fingerprint density at radius 2 is 2.06 bits per heavy atom. The molecule has 0 aromatic heterocycles. The first-order valence-corrected chi connectivity index (χ1v) is 6.46. The van der Waals surface area contributed by atoms with Crippen LogP contribution < -0.4 is 0 Å². The average molecular weight is 253 g/mol. The highest BCUT2D eigenvalue weighted by Gasteiger charge is 2.50. The molecule has 0 bridgehead atoms. The van der Waals surface area contributed by atoms with Crippen molar-refractivity contribution in [1.29, 1.82) is 0 Å². The fourth-order valence-corrected chi connectivity index (χ4v) is 3.27. The first-order chi connectivity index (χ1) is 7.63. The van der Waals surface area contributed by atoms with Gasteiger partial charge in [-0.1, -0.05) is 6.92 Å². The maximum Gasteiger partial charge on any atom is 0.136 e. The number of fused-ring (bicyclic) bond motifs is 1. The lowest BCUT2D eigenvalue weighted by Crippen LogP contribution is -2.37. The van der Waals surface area contributed by atoms with Crippen LogP contribution in [0.15, 0.2) is 0 Å². The molecule has 94 valence electrons. The van der Waals surface area contributed by atoms with Crippen molar-refractivity contribution in [3.63, 3.8) is 0 Å². The van der Waals surface area contributed by atoms with Crippen molar-refractivity contribution in [2.75, 3.05) is 19.0 Å². The summed E-state index contributed by atoms with van der Waals surface area (Å²) in [5.41, 5.74) is 0. The number of rotatable bonds is 4. The zero-order chi connectivity index (χ0) is 11.7. The minimum absolute atomic E-state index is 0.158. The number of hydrogen-bond donors (Lipinski definition) is 2. The highest BCUT2D eigenvalue weighted by atomic mass is 32.2. The van der Waals surface area contributed by atoms with Crippen molar-refractivity contribution in [3.8, 4) is 0 Å². The molecule has 1 unspecified atom stereocenters. The van der Waals surface area contributed by atoms with Crippen LogP contribution in [0.2, 0.25) is 0 Å². The summed E-state index contributed by atoms with van der Waals surface area (Å²) >= 11 is 0. The molecule has 0 aromatic carbocycles. The van der Waals surface area contributed by atoms with Gasteiger partial charge in [-0.2, -0.15) is 0 Å². The summed E-state index contributed by atoms with van der Waals surface area (Å²) < 4.78 is 22.6. The van der Waals surface area contributed by atoms with Crippen LogP contribution in [0.1, 0.15) is 6.92 Å². The molecule has 2 rings (SSSR count). The lowest BCUT2D eigenvalue weighted by molar-refractivity contribution is -0.507. The predicted molar refractivity (Wildman–Crippen MR) is 52.2 cm³/mol. The van der Waals surface area contributed by atoms with Crippen molar-refractivity contribution in [3.05, 3.63) is 0 Å². The predicted octanol–water partition coefficient (Wildman–Crippen LogP) is -0.698. The lowest BCUT2D eigenvalue weighted by atomic mass is 10.1. The van der Waals surface area contributed by atoms with E-state index in [0.29, 0.717) is 12.4 Å². The smallest absolute Gasteiger partial charge is 0.136 e. The fourth-order valence-electron chi connectivity index (χ4n) is 2.08. The maximum atomic E-state index is 11.7. The van der Waals surface area contributed by atoms with Gasteiger partial charge in [0.15, 0.2) is 0 Å². The Morgan fingerprint density at radius 3 is 2.69 bits per heavy atom. The van der Waals surface area contributed by atoms with Crippen molar-refractivity contribution < 1.29 is 28.9 Å². The first-order valence-electron chi connectivity index (χ1n) is 5.08. The Labute approximate surface area is 95.2 Å². The van der Waals surface area contributed by atoms with E-state index in [0.717, 1.165) is 0 Å².